The van der Waals surface area contributed by atoms with Gasteiger partial charge >= 0.3 is 0 Å². The molecule has 1 heterocycles. The fraction of sp³-hybridized carbons (Fsp3) is 0.350. The zero-order valence-electron chi connectivity index (χ0n) is 14.7. The topological polar surface area (TPSA) is 56.8 Å². The third-order valence-electron chi connectivity index (χ3n) is 4.01. The van der Waals surface area contributed by atoms with Crippen LogP contribution in [0.1, 0.15) is 24.8 Å². The minimum absolute atomic E-state index is 0.116. The molecule has 0 saturated heterocycles. The minimum atomic E-state index is -0.116. The number of amides is 1. The second kappa shape index (κ2) is 8.81. The van der Waals surface area contributed by atoms with Gasteiger partial charge in [-0.1, -0.05) is 29.8 Å². The second-order valence-corrected chi connectivity index (χ2v) is 6.50. The average molecular weight is 376 g/mol. The maximum atomic E-state index is 12.2. The van der Waals surface area contributed by atoms with Crippen LogP contribution in [0.2, 0.25) is 5.02 Å². The molecule has 26 heavy (non-hydrogen) atoms. The maximum absolute atomic E-state index is 12.2. The molecule has 6 heteroatoms. The number of fused-ring (bicyclic) bond motifs is 1. The number of anilines is 1. The number of para-hydroxylation sites is 1. The van der Waals surface area contributed by atoms with Crippen molar-refractivity contribution in [2.45, 2.75) is 26.2 Å². The number of halogens is 1. The van der Waals surface area contributed by atoms with Crippen LogP contribution in [0.3, 0.4) is 0 Å². The van der Waals surface area contributed by atoms with E-state index in [1.54, 1.807) is 12.1 Å². The van der Waals surface area contributed by atoms with Crippen molar-refractivity contribution in [1.29, 1.82) is 0 Å². The number of benzene rings is 2. The van der Waals surface area contributed by atoms with Crippen LogP contribution in [0.4, 0.5) is 5.69 Å². The molecule has 0 fully saturated rings. The van der Waals surface area contributed by atoms with Crippen LogP contribution in [-0.2, 0) is 4.79 Å². The molecule has 0 saturated carbocycles. The standard InChI is InChI=1S/C20H22ClNO4/c1-14-6-2-3-7-17(14)24-9-4-8-20(23)22-16-13-19-18(12-15(16)21)25-10-5-11-26-19/h2-3,6-7,12-13H,4-5,8-11H2,1H3,(H,22,23). The van der Waals surface area contributed by atoms with Crippen LogP contribution in [0.5, 0.6) is 17.2 Å². The van der Waals surface area contributed by atoms with Gasteiger partial charge in [0.2, 0.25) is 5.91 Å². The predicted octanol–water partition coefficient (Wildman–Crippen LogP) is 4.61. The Hall–Kier alpha value is -2.40. The monoisotopic (exact) mass is 375 g/mol. The zero-order chi connectivity index (χ0) is 18.4. The Morgan fingerprint density at radius 2 is 1.92 bits per heavy atom. The number of rotatable bonds is 6. The molecule has 0 bridgehead atoms. The molecule has 1 N–H and O–H groups in total. The zero-order valence-corrected chi connectivity index (χ0v) is 15.5. The Morgan fingerprint density at radius 3 is 2.69 bits per heavy atom. The molecule has 0 unspecified atom stereocenters. The number of hydrogen-bond donors (Lipinski definition) is 1. The van der Waals surface area contributed by atoms with Gasteiger partial charge in [0.05, 0.1) is 30.5 Å². The maximum Gasteiger partial charge on any atom is 0.224 e. The van der Waals surface area contributed by atoms with Gasteiger partial charge in [-0.25, -0.2) is 0 Å². The van der Waals surface area contributed by atoms with Crippen molar-refractivity contribution in [3.05, 3.63) is 47.0 Å². The van der Waals surface area contributed by atoms with Crippen molar-refractivity contribution in [1.82, 2.24) is 0 Å². The number of nitrogens with one attached hydrogen (secondary N) is 1. The van der Waals surface area contributed by atoms with Crippen molar-refractivity contribution in [2.24, 2.45) is 0 Å². The summed E-state index contributed by atoms with van der Waals surface area (Å²) in [6.07, 6.45) is 1.77. The molecular formula is C20H22ClNO4. The summed E-state index contributed by atoms with van der Waals surface area (Å²) in [4.78, 5) is 12.2. The molecule has 5 nitrogen and oxygen atoms in total. The summed E-state index contributed by atoms with van der Waals surface area (Å²) in [6, 6.07) is 11.2. The molecule has 0 atom stereocenters. The van der Waals surface area contributed by atoms with Crippen LogP contribution >= 0.6 is 11.6 Å². The van der Waals surface area contributed by atoms with Crippen molar-refractivity contribution in [2.75, 3.05) is 25.1 Å². The Bertz CT molecular complexity index is 778. The van der Waals surface area contributed by atoms with Gasteiger partial charge in [-0.15, -0.1) is 0 Å². The van der Waals surface area contributed by atoms with Crippen molar-refractivity contribution >= 4 is 23.2 Å². The van der Waals surface area contributed by atoms with Gasteiger partial charge in [-0.3, -0.25) is 4.79 Å². The van der Waals surface area contributed by atoms with Crippen LogP contribution in [-0.4, -0.2) is 25.7 Å². The van der Waals surface area contributed by atoms with Crippen molar-refractivity contribution < 1.29 is 19.0 Å². The summed E-state index contributed by atoms with van der Waals surface area (Å²) >= 11 is 6.24. The number of hydrogen-bond acceptors (Lipinski definition) is 4. The molecule has 1 amide bonds. The molecule has 1 aliphatic rings. The highest BCUT2D eigenvalue weighted by molar-refractivity contribution is 6.34. The normalized spacial score (nSPS) is 13.0. The van der Waals surface area contributed by atoms with Crippen LogP contribution in [0.25, 0.3) is 0 Å². The molecular weight excluding hydrogens is 354 g/mol. The second-order valence-electron chi connectivity index (χ2n) is 6.09. The highest BCUT2D eigenvalue weighted by Gasteiger charge is 2.15. The van der Waals surface area contributed by atoms with Crippen molar-refractivity contribution in [3.63, 3.8) is 0 Å². The average Bonchev–Trinajstić information content (AvgIpc) is 2.85. The van der Waals surface area contributed by atoms with E-state index in [9.17, 15) is 4.79 Å². The molecule has 1 aliphatic heterocycles. The van der Waals surface area contributed by atoms with Crippen LogP contribution < -0.4 is 19.5 Å². The Kier molecular flexibility index (Phi) is 6.23. The fourth-order valence-electron chi connectivity index (χ4n) is 2.63. The van der Waals surface area contributed by atoms with E-state index in [2.05, 4.69) is 5.32 Å². The van der Waals surface area contributed by atoms with E-state index in [0.717, 1.165) is 17.7 Å². The SMILES string of the molecule is Cc1ccccc1OCCCC(=O)Nc1cc2c(cc1Cl)OCCCO2. The van der Waals surface area contributed by atoms with Gasteiger partial charge in [0.25, 0.3) is 0 Å². The van der Waals surface area contributed by atoms with Gasteiger partial charge in [0.15, 0.2) is 11.5 Å². The quantitative estimate of drug-likeness (QED) is 0.749. The summed E-state index contributed by atoms with van der Waals surface area (Å²) in [5, 5.41) is 3.26. The smallest absolute Gasteiger partial charge is 0.224 e. The first-order valence-corrected chi connectivity index (χ1v) is 9.09. The van der Waals surface area contributed by atoms with Gasteiger partial charge < -0.3 is 19.5 Å². The van der Waals surface area contributed by atoms with E-state index in [4.69, 9.17) is 25.8 Å². The van der Waals surface area contributed by atoms with E-state index in [1.165, 1.54) is 0 Å². The highest BCUT2D eigenvalue weighted by Crippen LogP contribution is 2.37. The Labute approximate surface area is 158 Å². The largest absolute Gasteiger partial charge is 0.493 e. The third kappa shape index (κ3) is 4.82. The van der Waals surface area contributed by atoms with Crippen molar-refractivity contribution in [3.8, 4) is 17.2 Å². The molecule has 0 aliphatic carbocycles. The molecule has 0 spiro atoms. The number of aryl methyl sites for hydroxylation is 1. The Morgan fingerprint density at radius 1 is 1.19 bits per heavy atom. The first kappa shape index (κ1) is 18.4. The molecule has 0 radical (unpaired) electrons. The van der Waals surface area contributed by atoms with Gasteiger partial charge in [0, 0.05) is 25.0 Å². The van der Waals surface area contributed by atoms with Crippen LogP contribution in [0.15, 0.2) is 36.4 Å². The molecule has 138 valence electrons. The van der Waals surface area contributed by atoms with E-state index in [1.807, 2.05) is 31.2 Å². The van der Waals surface area contributed by atoms with E-state index >= 15 is 0 Å². The molecule has 0 aromatic heterocycles. The van der Waals surface area contributed by atoms with Gasteiger partial charge in [0.1, 0.15) is 5.75 Å². The van der Waals surface area contributed by atoms with Gasteiger partial charge in [-0.05, 0) is 25.0 Å². The Balaban J connectivity index is 1.50. The van der Waals surface area contributed by atoms with E-state index in [0.29, 0.717) is 54.9 Å². The minimum Gasteiger partial charge on any atom is -0.493 e. The molecule has 2 aromatic rings. The summed E-state index contributed by atoms with van der Waals surface area (Å²) in [6.45, 7) is 3.65. The lowest BCUT2D eigenvalue weighted by Gasteiger charge is -2.13. The van der Waals surface area contributed by atoms with E-state index in [-0.39, 0.29) is 5.91 Å². The first-order valence-electron chi connectivity index (χ1n) is 8.71. The summed E-state index contributed by atoms with van der Waals surface area (Å²) < 4.78 is 16.9. The number of carbonyl (C=O) groups excluding carboxylic acids is 1. The van der Waals surface area contributed by atoms with Gasteiger partial charge in [-0.2, -0.15) is 0 Å². The molecule has 2 aromatic carbocycles. The number of carbonyl (C=O) groups is 1. The fourth-order valence-corrected chi connectivity index (χ4v) is 2.83. The lowest BCUT2D eigenvalue weighted by molar-refractivity contribution is -0.116. The first-order chi connectivity index (χ1) is 12.6. The summed E-state index contributed by atoms with van der Waals surface area (Å²) in [5.41, 5.74) is 1.61. The van der Waals surface area contributed by atoms with Crippen LogP contribution in [0, 0.1) is 6.92 Å². The molecule has 3 rings (SSSR count). The number of ether oxygens (including phenoxy) is 3. The lowest BCUT2D eigenvalue weighted by Crippen LogP contribution is -2.13. The third-order valence-corrected chi connectivity index (χ3v) is 4.32. The highest BCUT2D eigenvalue weighted by atomic mass is 35.5. The summed E-state index contributed by atoms with van der Waals surface area (Å²) in [5.74, 6) is 1.94. The summed E-state index contributed by atoms with van der Waals surface area (Å²) in [7, 11) is 0. The lowest BCUT2D eigenvalue weighted by atomic mass is 10.2. The van der Waals surface area contributed by atoms with E-state index < -0.39 is 0 Å². The predicted molar refractivity (Wildman–Crippen MR) is 102 cm³/mol.